The molecule has 0 fully saturated rings. The van der Waals surface area contributed by atoms with E-state index < -0.39 is 0 Å². The Hall–Kier alpha value is -0.380. The van der Waals surface area contributed by atoms with Crippen LogP contribution in [-0.2, 0) is 4.79 Å². The highest BCUT2D eigenvalue weighted by atomic mass is 35.5. The average Bonchev–Trinajstić information content (AvgIpc) is 2.17. The zero-order valence-corrected chi connectivity index (χ0v) is 10.5. The molecule has 0 radical (unpaired) electrons. The summed E-state index contributed by atoms with van der Waals surface area (Å²) in [5.74, 6) is 1.22. The van der Waals surface area contributed by atoms with Gasteiger partial charge in [0.25, 0.3) is 0 Å². The minimum atomic E-state index is -0.0106. The smallest absolute Gasteiger partial charge is 0.226 e. The second kappa shape index (κ2) is 6.26. The summed E-state index contributed by atoms with van der Waals surface area (Å²) in [6, 6.07) is 4.89. The van der Waals surface area contributed by atoms with Crippen molar-refractivity contribution >= 4 is 40.1 Å². The molecule has 0 saturated carbocycles. The van der Waals surface area contributed by atoms with Crippen LogP contribution in [0.15, 0.2) is 18.2 Å². The molecule has 0 atom stereocenters. The van der Waals surface area contributed by atoms with Crippen LogP contribution in [0.25, 0.3) is 0 Å². The molecule has 0 bridgehead atoms. The lowest BCUT2D eigenvalue weighted by molar-refractivity contribution is -0.112. The van der Waals surface area contributed by atoms with Crippen LogP contribution in [0.5, 0.6) is 5.75 Å². The number of carbonyl (C=O) groups excluding carboxylic acids is 1. The first-order chi connectivity index (χ1) is 7.13. The van der Waals surface area contributed by atoms with Crippen LogP contribution in [-0.4, -0.2) is 17.5 Å². The van der Waals surface area contributed by atoms with Gasteiger partial charge in [-0.1, -0.05) is 41.9 Å². The van der Waals surface area contributed by atoms with Gasteiger partial charge in [0, 0.05) is 5.02 Å². The molecule has 0 spiro atoms. The Morgan fingerprint density at radius 1 is 1.47 bits per heavy atom. The highest BCUT2D eigenvalue weighted by Crippen LogP contribution is 2.27. The Balaban J connectivity index is 2.54. The van der Waals surface area contributed by atoms with Crippen LogP contribution >= 0.6 is 35.0 Å². The number of thioether (sulfide) groups is 1. The normalized spacial score (nSPS) is 10.1. The molecule has 0 aliphatic rings. The largest absolute Gasteiger partial charge is 0.483 e. The molecule has 82 valence electrons. The Labute approximate surface area is 103 Å². The molecule has 0 aliphatic heterocycles. The van der Waals surface area contributed by atoms with E-state index in [2.05, 4.69) is 0 Å². The fraction of sp³-hybridized carbons (Fsp3) is 0.300. The van der Waals surface area contributed by atoms with E-state index in [0.717, 1.165) is 5.75 Å². The molecule has 5 heteroatoms. The predicted octanol–water partition coefficient (Wildman–Crippen LogP) is 3.65. The van der Waals surface area contributed by atoms with Crippen LogP contribution in [0.2, 0.25) is 10.0 Å². The fourth-order valence-corrected chi connectivity index (χ4v) is 1.86. The highest BCUT2D eigenvalue weighted by Gasteiger charge is 2.05. The zero-order chi connectivity index (χ0) is 11.3. The van der Waals surface area contributed by atoms with E-state index in [9.17, 15) is 4.79 Å². The minimum Gasteiger partial charge on any atom is -0.483 e. The SMILES string of the molecule is CCSC(=O)COc1ccc(Cl)cc1Cl. The number of rotatable bonds is 4. The molecule has 0 saturated heterocycles. The first-order valence-corrected chi connectivity index (χ1v) is 6.11. The third-order valence-corrected chi connectivity index (χ3v) is 2.80. The summed E-state index contributed by atoms with van der Waals surface area (Å²) in [5, 5.41) is 0.946. The summed E-state index contributed by atoms with van der Waals surface area (Å²) in [6.45, 7) is 1.94. The lowest BCUT2D eigenvalue weighted by Gasteiger charge is -2.06. The van der Waals surface area contributed by atoms with Crippen molar-refractivity contribution in [3.63, 3.8) is 0 Å². The summed E-state index contributed by atoms with van der Waals surface area (Å²) in [6.07, 6.45) is 0. The number of benzene rings is 1. The van der Waals surface area contributed by atoms with Gasteiger partial charge in [0.1, 0.15) is 5.75 Å². The van der Waals surface area contributed by atoms with E-state index in [4.69, 9.17) is 27.9 Å². The summed E-state index contributed by atoms with van der Waals surface area (Å²) in [5.41, 5.74) is 0. The van der Waals surface area contributed by atoms with Crippen molar-refractivity contribution in [2.24, 2.45) is 0 Å². The van der Waals surface area contributed by atoms with Crippen LogP contribution in [0.4, 0.5) is 0 Å². The first kappa shape index (κ1) is 12.7. The summed E-state index contributed by atoms with van der Waals surface area (Å²) < 4.78 is 5.25. The second-order valence-electron chi connectivity index (χ2n) is 2.67. The Morgan fingerprint density at radius 2 is 2.20 bits per heavy atom. The van der Waals surface area contributed by atoms with Gasteiger partial charge in [0.2, 0.25) is 5.12 Å². The quantitative estimate of drug-likeness (QED) is 0.831. The van der Waals surface area contributed by atoms with E-state index in [0.29, 0.717) is 15.8 Å². The lowest BCUT2D eigenvalue weighted by Crippen LogP contribution is -2.07. The number of carbonyl (C=O) groups is 1. The third kappa shape index (κ3) is 4.33. The van der Waals surface area contributed by atoms with E-state index in [1.54, 1.807) is 18.2 Å². The Bertz CT molecular complexity index is 355. The van der Waals surface area contributed by atoms with Crippen molar-refractivity contribution in [2.45, 2.75) is 6.92 Å². The van der Waals surface area contributed by atoms with Gasteiger partial charge in [0.05, 0.1) is 5.02 Å². The summed E-state index contributed by atoms with van der Waals surface area (Å²) >= 11 is 12.8. The maximum atomic E-state index is 11.2. The van der Waals surface area contributed by atoms with Gasteiger partial charge in [-0.25, -0.2) is 0 Å². The monoisotopic (exact) mass is 264 g/mol. The molecule has 1 aromatic carbocycles. The van der Waals surface area contributed by atoms with Gasteiger partial charge in [-0.2, -0.15) is 0 Å². The van der Waals surface area contributed by atoms with Crippen LogP contribution in [0.3, 0.4) is 0 Å². The van der Waals surface area contributed by atoms with Crippen molar-refractivity contribution in [3.8, 4) is 5.75 Å². The Kier molecular flexibility index (Phi) is 5.29. The lowest BCUT2D eigenvalue weighted by atomic mass is 10.3. The van der Waals surface area contributed by atoms with E-state index >= 15 is 0 Å². The number of halogens is 2. The van der Waals surface area contributed by atoms with Gasteiger partial charge in [-0.3, -0.25) is 4.79 Å². The second-order valence-corrected chi connectivity index (χ2v) is 4.83. The molecular formula is C10H10Cl2O2S. The molecule has 2 nitrogen and oxygen atoms in total. The molecule has 15 heavy (non-hydrogen) atoms. The molecule has 0 heterocycles. The molecule has 1 rings (SSSR count). The summed E-state index contributed by atoms with van der Waals surface area (Å²) in [4.78, 5) is 11.2. The van der Waals surface area contributed by atoms with Crippen LogP contribution in [0.1, 0.15) is 6.92 Å². The van der Waals surface area contributed by atoms with Crippen LogP contribution < -0.4 is 4.74 Å². The van der Waals surface area contributed by atoms with Crippen LogP contribution in [0, 0.1) is 0 Å². The average molecular weight is 265 g/mol. The molecule has 0 aromatic heterocycles. The minimum absolute atomic E-state index is 0.0106. The maximum absolute atomic E-state index is 11.2. The molecular weight excluding hydrogens is 255 g/mol. The maximum Gasteiger partial charge on any atom is 0.226 e. The van der Waals surface area contributed by atoms with Gasteiger partial charge in [-0.05, 0) is 24.0 Å². The van der Waals surface area contributed by atoms with Crippen molar-refractivity contribution < 1.29 is 9.53 Å². The Morgan fingerprint density at radius 3 is 2.80 bits per heavy atom. The molecule has 0 amide bonds. The zero-order valence-electron chi connectivity index (χ0n) is 8.13. The van der Waals surface area contributed by atoms with Crippen molar-refractivity contribution in [3.05, 3.63) is 28.2 Å². The number of ether oxygens (including phenoxy) is 1. The van der Waals surface area contributed by atoms with Crippen molar-refractivity contribution in [1.29, 1.82) is 0 Å². The number of hydrogen-bond acceptors (Lipinski definition) is 3. The highest BCUT2D eigenvalue weighted by molar-refractivity contribution is 8.13. The van der Waals surface area contributed by atoms with Gasteiger partial charge >= 0.3 is 0 Å². The topological polar surface area (TPSA) is 26.3 Å². The third-order valence-electron chi connectivity index (χ3n) is 1.54. The molecule has 0 aliphatic carbocycles. The van der Waals surface area contributed by atoms with E-state index in [1.165, 1.54) is 11.8 Å². The standard InChI is InChI=1S/C10H10Cl2O2S/c1-2-15-10(13)6-14-9-4-3-7(11)5-8(9)12/h3-5H,2,6H2,1H3. The molecule has 0 N–H and O–H groups in total. The van der Waals surface area contributed by atoms with Crippen molar-refractivity contribution in [2.75, 3.05) is 12.4 Å². The van der Waals surface area contributed by atoms with Gasteiger partial charge in [-0.15, -0.1) is 0 Å². The first-order valence-electron chi connectivity index (χ1n) is 4.37. The molecule has 0 unspecified atom stereocenters. The van der Waals surface area contributed by atoms with Gasteiger partial charge in [0.15, 0.2) is 6.61 Å². The van der Waals surface area contributed by atoms with Gasteiger partial charge < -0.3 is 4.74 Å². The predicted molar refractivity (Wildman–Crippen MR) is 65.1 cm³/mol. The van der Waals surface area contributed by atoms with E-state index in [-0.39, 0.29) is 11.7 Å². The van der Waals surface area contributed by atoms with E-state index in [1.807, 2.05) is 6.92 Å². The molecule has 1 aromatic rings. The fourth-order valence-electron chi connectivity index (χ4n) is 0.932. The summed E-state index contributed by atoms with van der Waals surface area (Å²) in [7, 11) is 0. The van der Waals surface area contributed by atoms with Crippen molar-refractivity contribution in [1.82, 2.24) is 0 Å². The number of hydrogen-bond donors (Lipinski definition) is 0.